The molecule has 0 atom stereocenters. The van der Waals surface area contributed by atoms with Crippen LogP contribution in [0.25, 0.3) is 0 Å². The number of amides is 2. The summed E-state index contributed by atoms with van der Waals surface area (Å²) in [5.41, 5.74) is 3.96. The smallest absolute Gasteiger partial charge is 0.255 e. The molecular formula is C30H26N2O3. The number of nitrogens with one attached hydrogen (secondary N) is 2. The Balaban J connectivity index is 1.69. The van der Waals surface area contributed by atoms with E-state index in [1.54, 1.807) is 36.4 Å². The van der Waals surface area contributed by atoms with E-state index in [1.807, 2.05) is 72.8 Å². The fraction of sp³-hybridized carbons (Fsp3) is 0.0667. The van der Waals surface area contributed by atoms with Crippen molar-refractivity contribution in [1.82, 2.24) is 0 Å². The van der Waals surface area contributed by atoms with E-state index in [9.17, 15) is 9.59 Å². The van der Waals surface area contributed by atoms with E-state index in [-0.39, 0.29) is 11.8 Å². The molecule has 0 unspecified atom stereocenters. The van der Waals surface area contributed by atoms with Gasteiger partial charge in [-0.2, -0.15) is 0 Å². The van der Waals surface area contributed by atoms with Gasteiger partial charge >= 0.3 is 0 Å². The number of carbonyl (C=O) groups excluding carboxylic acids is 2. The van der Waals surface area contributed by atoms with Crippen molar-refractivity contribution in [3.05, 3.63) is 138 Å². The molecule has 2 amide bonds. The van der Waals surface area contributed by atoms with E-state index >= 15 is 0 Å². The Hall–Kier alpha value is -4.64. The maximum Gasteiger partial charge on any atom is 0.255 e. The Morgan fingerprint density at radius 1 is 0.743 bits per heavy atom. The van der Waals surface area contributed by atoms with Crippen molar-refractivity contribution in [1.29, 1.82) is 0 Å². The van der Waals surface area contributed by atoms with Gasteiger partial charge in [-0.15, -0.1) is 6.58 Å². The first-order chi connectivity index (χ1) is 17.1. The molecule has 4 aromatic rings. The van der Waals surface area contributed by atoms with Gasteiger partial charge in [-0.25, -0.2) is 0 Å². The van der Waals surface area contributed by atoms with E-state index in [4.69, 9.17) is 4.74 Å². The Labute approximate surface area is 205 Å². The first kappa shape index (κ1) is 23.5. The number of allylic oxidation sites excluding steroid dienone is 1. The predicted molar refractivity (Wildman–Crippen MR) is 140 cm³/mol. The second kappa shape index (κ2) is 11.5. The highest BCUT2D eigenvalue weighted by molar-refractivity contribution is 6.07. The summed E-state index contributed by atoms with van der Waals surface area (Å²) in [6.45, 7) is 4.16. The molecule has 0 aromatic heterocycles. The van der Waals surface area contributed by atoms with Gasteiger partial charge in [-0.1, -0.05) is 72.8 Å². The molecule has 35 heavy (non-hydrogen) atoms. The number of hydrogen-bond donors (Lipinski definition) is 2. The Bertz CT molecular complexity index is 1300. The van der Waals surface area contributed by atoms with Crippen LogP contribution in [0.2, 0.25) is 0 Å². The summed E-state index contributed by atoms with van der Waals surface area (Å²) in [5.74, 6) is -0.0207. The van der Waals surface area contributed by atoms with Crippen LogP contribution >= 0.6 is 0 Å². The zero-order valence-electron chi connectivity index (χ0n) is 19.2. The fourth-order valence-corrected chi connectivity index (χ4v) is 3.62. The predicted octanol–water partition coefficient (Wildman–Crippen LogP) is 6.50. The SMILES string of the molecule is C=CCc1cc(NC(=O)c2ccccc2)cc(OCc2ccccc2)c1NC(=O)c1ccccc1. The minimum atomic E-state index is -0.249. The van der Waals surface area contributed by atoms with Crippen LogP contribution in [0.5, 0.6) is 5.75 Å². The lowest BCUT2D eigenvalue weighted by atomic mass is 10.1. The standard InChI is InChI=1S/C30H26N2O3/c1-2-12-25-19-26(31-29(33)23-15-8-4-9-16-23)20-27(35-21-22-13-6-3-7-14-22)28(25)32-30(34)24-17-10-5-11-18-24/h2-11,13-20H,1,12,21H2,(H,31,33)(H,32,34). The van der Waals surface area contributed by atoms with E-state index in [0.717, 1.165) is 11.1 Å². The lowest BCUT2D eigenvalue weighted by Gasteiger charge is -2.19. The number of benzene rings is 4. The molecule has 0 aliphatic carbocycles. The van der Waals surface area contributed by atoms with Crippen LogP contribution in [-0.2, 0) is 13.0 Å². The highest BCUT2D eigenvalue weighted by atomic mass is 16.5. The highest BCUT2D eigenvalue weighted by Gasteiger charge is 2.17. The summed E-state index contributed by atoms with van der Waals surface area (Å²) in [6.07, 6.45) is 2.22. The van der Waals surface area contributed by atoms with Crippen LogP contribution < -0.4 is 15.4 Å². The van der Waals surface area contributed by atoms with Gasteiger partial charge in [-0.3, -0.25) is 9.59 Å². The third-order valence-electron chi connectivity index (χ3n) is 5.35. The average molecular weight is 463 g/mol. The average Bonchev–Trinajstić information content (AvgIpc) is 2.90. The molecular weight excluding hydrogens is 436 g/mol. The lowest BCUT2D eigenvalue weighted by molar-refractivity contribution is 0.101. The molecule has 4 aromatic carbocycles. The summed E-state index contributed by atoms with van der Waals surface area (Å²) in [7, 11) is 0. The van der Waals surface area contributed by atoms with Gasteiger partial charge in [0.05, 0.1) is 5.69 Å². The molecule has 0 heterocycles. The summed E-state index contributed by atoms with van der Waals surface area (Å²) in [4.78, 5) is 25.8. The van der Waals surface area contributed by atoms with Crippen molar-refractivity contribution < 1.29 is 14.3 Å². The third kappa shape index (κ3) is 6.24. The lowest BCUT2D eigenvalue weighted by Crippen LogP contribution is -2.16. The zero-order chi connectivity index (χ0) is 24.5. The van der Waals surface area contributed by atoms with Crippen molar-refractivity contribution >= 4 is 23.2 Å². The third-order valence-corrected chi connectivity index (χ3v) is 5.35. The van der Waals surface area contributed by atoms with Crippen LogP contribution in [0.4, 0.5) is 11.4 Å². The molecule has 2 N–H and O–H groups in total. The largest absolute Gasteiger partial charge is 0.487 e. The van der Waals surface area contributed by atoms with Crippen LogP contribution in [-0.4, -0.2) is 11.8 Å². The van der Waals surface area contributed by atoms with Crippen molar-refractivity contribution in [3.8, 4) is 5.75 Å². The van der Waals surface area contributed by atoms with Gasteiger partial charge in [0, 0.05) is 22.9 Å². The normalized spacial score (nSPS) is 10.3. The Morgan fingerprint density at radius 2 is 1.29 bits per heavy atom. The van der Waals surface area contributed by atoms with Crippen LogP contribution in [0, 0.1) is 0 Å². The van der Waals surface area contributed by atoms with E-state index in [2.05, 4.69) is 17.2 Å². The minimum Gasteiger partial charge on any atom is -0.487 e. The molecule has 0 radical (unpaired) electrons. The van der Waals surface area contributed by atoms with Gasteiger partial charge in [-0.05, 0) is 47.9 Å². The van der Waals surface area contributed by atoms with Gasteiger partial charge in [0.15, 0.2) is 0 Å². The van der Waals surface area contributed by atoms with Gasteiger partial charge in [0.1, 0.15) is 12.4 Å². The Morgan fingerprint density at radius 3 is 1.86 bits per heavy atom. The topological polar surface area (TPSA) is 67.4 Å². The van der Waals surface area contributed by atoms with Gasteiger partial charge < -0.3 is 15.4 Å². The molecule has 5 nitrogen and oxygen atoms in total. The second-order valence-corrected chi connectivity index (χ2v) is 7.92. The summed E-state index contributed by atoms with van der Waals surface area (Å²) in [6, 6.07) is 31.3. The first-order valence-corrected chi connectivity index (χ1v) is 11.3. The number of rotatable bonds is 9. The minimum absolute atomic E-state index is 0.231. The molecule has 0 aliphatic heterocycles. The first-order valence-electron chi connectivity index (χ1n) is 11.3. The van der Waals surface area contributed by atoms with Crippen LogP contribution in [0.15, 0.2) is 116 Å². The Kier molecular flexibility index (Phi) is 7.71. The molecule has 0 saturated heterocycles. The molecule has 5 heteroatoms. The van der Waals surface area contributed by atoms with Crippen LogP contribution in [0.3, 0.4) is 0 Å². The van der Waals surface area contributed by atoms with Crippen molar-refractivity contribution in [2.24, 2.45) is 0 Å². The maximum atomic E-state index is 13.0. The highest BCUT2D eigenvalue weighted by Crippen LogP contribution is 2.35. The molecule has 0 bridgehead atoms. The quantitative estimate of drug-likeness (QED) is 0.279. The second-order valence-electron chi connectivity index (χ2n) is 7.92. The summed E-state index contributed by atoms with van der Waals surface area (Å²) < 4.78 is 6.17. The number of carbonyl (C=O) groups is 2. The molecule has 0 aliphatic rings. The van der Waals surface area contributed by atoms with E-state index in [1.165, 1.54) is 0 Å². The number of anilines is 2. The van der Waals surface area contributed by atoms with Crippen molar-refractivity contribution in [3.63, 3.8) is 0 Å². The molecule has 0 fully saturated rings. The van der Waals surface area contributed by atoms with E-state index in [0.29, 0.717) is 41.3 Å². The molecule has 0 spiro atoms. The number of ether oxygens (including phenoxy) is 1. The van der Waals surface area contributed by atoms with Crippen LogP contribution in [0.1, 0.15) is 31.8 Å². The molecule has 4 rings (SSSR count). The van der Waals surface area contributed by atoms with Gasteiger partial charge in [0.25, 0.3) is 11.8 Å². The molecule has 0 saturated carbocycles. The van der Waals surface area contributed by atoms with Gasteiger partial charge in [0.2, 0.25) is 0 Å². The van der Waals surface area contributed by atoms with E-state index < -0.39 is 0 Å². The molecule has 174 valence electrons. The fourth-order valence-electron chi connectivity index (χ4n) is 3.62. The van der Waals surface area contributed by atoms with Crippen molar-refractivity contribution in [2.75, 3.05) is 10.6 Å². The summed E-state index contributed by atoms with van der Waals surface area (Å²) >= 11 is 0. The maximum absolute atomic E-state index is 13.0. The zero-order valence-corrected chi connectivity index (χ0v) is 19.2. The summed E-state index contributed by atoms with van der Waals surface area (Å²) in [5, 5.41) is 5.95. The number of hydrogen-bond acceptors (Lipinski definition) is 3. The monoisotopic (exact) mass is 462 g/mol. The van der Waals surface area contributed by atoms with Crippen molar-refractivity contribution in [2.45, 2.75) is 13.0 Å².